The molecular weight excluding hydrogens is 263 g/mol. The Hall–Kier alpha value is -1.81. The van der Waals surface area contributed by atoms with Gasteiger partial charge in [0, 0.05) is 10.6 Å². The highest BCUT2D eigenvalue weighted by atomic mass is 32.2. The van der Waals surface area contributed by atoms with Crippen LogP contribution >= 0.6 is 11.8 Å². The number of carboxylic acid groups (broad SMARTS) is 1. The van der Waals surface area contributed by atoms with Gasteiger partial charge in [-0.2, -0.15) is 0 Å². The quantitative estimate of drug-likeness (QED) is 0.853. The van der Waals surface area contributed by atoms with Gasteiger partial charge in [0.2, 0.25) is 0 Å². The van der Waals surface area contributed by atoms with Crippen LogP contribution in [0.3, 0.4) is 0 Å². The Morgan fingerprint density at radius 3 is 2.68 bits per heavy atom. The molecule has 2 rings (SSSR count). The minimum atomic E-state index is -0.924. The summed E-state index contributed by atoms with van der Waals surface area (Å²) in [6.07, 6.45) is 0. The number of hydrogen-bond donors (Lipinski definition) is 1. The summed E-state index contributed by atoms with van der Waals surface area (Å²) in [5.41, 5.74) is 2.28. The van der Waals surface area contributed by atoms with E-state index < -0.39 is 5.97 Å². The number of carbonyl (C=O) groups is 1. The average Bonchev–Trinajstić information content (AvgIpc) is 2.37. The van der Waals surface area contributed by atoms with Crippen LogP contribution in [0.4, 0.5) is 4.39 Å². The Labute approximate surface area is 115 Å². The molecule has 0 aliphatic rings. The molecule has 2 aromatic carbocycles. The van der Waals surface area contributed by atoms with Gasteiger partial charge in [-0.1, -0.05) is 12.1 Å². The van der Waals surface area contributed by atoms with E-state index in [0.717, 1.165) is 16.0 Å². The van der Waals surface area contributed by atoms with Crippen LogP contribution in [0.15, 0.2) is 47.4 Å². The highest BCUT2D eigenvalue weighted by Gasteiger charge is 2.06. The predicted octanol–water partition coefficient (Wildman–Crippen LogP) is 4.12. The summed E-state index contributed by atoms with van der Waals surface area (Å²) in [5.74, 6) is -0.481. The molecule has 98 valence electrons. The molecule has 2 nitrogen and oxygen atoms in total. The molecule has 0 atom stereocenters. The van der Waals surface area contributed by atoms with Crippen LogP contribution in [0, 0.1) is 12.7 Å². The molecule has 0 spiro atoms. The highest BCUT2D eigenvalue weighted by molar-refractivity contribution is 7.98. The zero-order valence-electron chi connectivity index (χ0n) is 10.4. The van der Waals surface area contributed by atoms with Crippen molar-refractivity contribution in [3.63, 3.8) is 0 Å². The van der Waals surface area contributed by atoms with Gasteiger partial charge in [-0.15, -0.1) is 11.8 Å². The first-order valence-corrected chi connectivity index (χ1v) is 6.76. The van der Waals surface area contributed by atoms with Crippen molar-refractivity contribution in [2.24, 2.45) is 0 Å². The van der Waals surface area contributed by atoms with Crippen molar-refractivity contribution in [3.05, 3.63) is 65.0 Å². The smallest absolute Gasteiger partial charge is 0.335 e. The number of halogens is 1. The maximum atomic E-state index is 13.0. The maximum absolute atomic E-state index is 13.0. The Bertz CT molecular complexity index is 611. The van der Waals surface area contributed by atoms with Crippen molar-refractivity contribution in [1.82, 2.24) is 0 Å². The minimum absolute atomic E-state index is 0.247. The van der Waals surface area contributed by atoms with Gasteiger partial charge in [0.25, 0.3) is 0 Å². The van der Waals surface area contributed by atoms with Crippen LogP contribution in [-0.4, -0.2) is 11.1 Å². The second-order valence-corrected chi connectivity index (χ2v) is 5.24. The van der Waals surface area contributed by atoms with Gasteiger partial charge in [-0.25, -0.2) is 9.18 Å². The topological polar surface area (TPSA) is 37.3 Å². The molecule has 0 unspecified atom stereocenters. The molecule has 0 radical (unpaired) electrons. The van der Waals surface area contributed by atoms with Gasteiger partial charge in [0.1, 0.15) is 5.82 Å². The van der Waals surface area contributed by atoms with Crippen molar-refractivity contribution >= 4 is 17.7 Å². The van der Waals surface area contributed by atoms with Crippen molar-refractivity contribution in [2.75, 3.05) is 0 Å². The molecule has 0 aliphatic heterocycles. The number of aryl methyl sites for hydroxylation is 1. The molecule has 0 amide bonds. The van der Waals surface area contributed by atoms with Gasteiger partial charge in [-0.3, -0.25) is 0 Å². The normalized spacial score (nSPS) is 10.4. The lowest BCUT2D eigenvalue weighted by atomic mass is 10.1. The number of carboxylic acids is 1. The van der Waals surface area contributed by atoms with Crippen LogP contribution in [0.1, 0.15) is 21.5 Å². The Balaban J connectivity index is 2.10. The van der Waals surface area contributed by atoms with Gasteiger partial charge < -0.3 is 5.11 Å². The van der Waals surface area contributed by atoms with Crippen molar-refractivity contribution in [2.45, 2.75) is 17.6 Å². The molecule has 2 aromatic rings. The zero-order valence-corrected chi connectivity index (χ0v) is 11.2. The third-order valence-corrected chi connectivity index (χ3v) is 3.82. The third-order valence-electron chi connectivity index (χ3n) is 2.78. The van der Waals surface area contributed by atoms with E-state index in [4.69, 9.17) is 5.11 Å². The molecule has 0 aliphatic carbocycles. The summed E-state index contributed by atoms with van der Waals surface area (Å²) in [5, 5.41) is 8.89. The van der Waals surface area contributed by atoms with Gasteiger partial charge in [0.05, 0.1) is 5.56 Å². The largest absolute Gasteiger partial charge is 0.478 e. The molecule has 0 fully saturated rings. The van der Waals surface area contributed by atoms with E-state index in [1.165, 1.54) is 23.9 Å². The average molecular weight is 276 g/mol. The molecule has 0 bridgehead atoms. The number of aromatic carboxylic acids is 1. The molecule has 0 heterocycles. The number of hydrogen-bond acceptors (Lipinski definition) is 2. The van der Waals surface area contributed by atoms with Crippen LogP contribution in [0.5, 0.6) is 0 Å². The first-order chi connectivity index (χ1) is 9.06. The lowest BCUT2D eigenvalue weighted by molar-refractivity contribution is 0.0697. The van der Waals surface area contributed by atoms with E-state index in [1.807, 2.05) is 19.1 Å². The Kier molecular flexibility index (Phi) is 4.22. The lowest BCUT2D eigenvalue weighted by Crippen LogP contribution is -1.98. The van der Waals surface area contributed by atoms with E-state index in [0.29, 0.717) is 5.75 Å². The fourth-order valence-electron chi connectivity index (χ4n) is 1.71. The van der Waals surface area contributed by atoms with Crippen molar-refractivity contribution < 1.29 is 14.3 Å². The molecule has 0 saturated heterocycles. The summed E-state index contributed by atoms with van der Waals surface area (Å²) < 4.78 is 13.0. The summed E-state index contributed by atoms with van der Waals surface area (Å²) in [6.45, 7) is 1.88. The van der Waals surface area contributed by atoms with E-state index in [-0.39, 0.29) is 11.4 Å². The minimum Gasteiger partial charge on any atom is -0.478 e. The van der Waals surface area contributed by atoms with E-state index in [9.17, 15) is 9.18 Å². The lowest BCUT2D eigenvalue weighted by Gasteiger charge is -2.07. The molecule has 0 saturated carbocycles. The second kappa shape index (κ2) is 5.89. The van der Waals surface area contributed by atoms with Crippen molar-refractivity contribution in [1.29, 1.82) is 0 Å². The Morgan fingerprint density at radius 2 is 2.05 bits per heavy atom. The van der Waals surface area contributed by atoms with Gasteiger partial charge in [0.15, 0.2) is 0 Å². The molecular formula is C15H13FO2S. The molecule has 4 heteroatoms. The van der Waals surface area contributed by atoms with Gasteiger partial charge >= 0.3 is 5.97 Å². The maximum Gasteiger partial charge on any atom is 0.335 e. The third kappa shape index (κ3) is 3.58. The van der Waals surface area contributed by atoms with Gasteiger partial charge in [-0.05, 0) is 48.4 Å². The number of rotatable bonds is 4. The summed E-state index contributed by atoms with van der Waals surface area (Å²) in [7, 11) is 0. The summed E-state index contributed by atoms with van der Waals surface area (Å²) in [6, 6.07) is 11.5. The van der Waals surface area contributed by atoms with Crippen LogP contribution in [-0.2, 0) is 5.75 Å². The van der Waals surface area contributed by atoms with E-state index in [2.05, 4.69) is 0 Å². The fraction of sp³-hybridized carbons (Fsp3) is 0.133. The predicted molar refractivity (Wildman–Crippen MR) is 74.1 cm³/mol. The van der Waals surface area contributed by atoms with Crippen LogP contribution in [0.2, 0.25) is 0 Å². The monoisotopic (exact) mass is 276 g/mol. The fourth-order valence-corrected chi connectivity index (χ4v) is 2.73. The number of thioether (sulfide) groups is 1. The van der Waals surface area contributed by atoms with Crippen LogP contribution < -0.4 is 0 Å². The first kappa shape index (κ1) is 13.6. The van der Waals surface area contributed by atoms with E-state index in [1.54, 1.807) is 18.2 Å². The van der Waals surface area contributed by atoms with E-state index >= 15 is 0 Å². The standard InChI is InChI=1S/C15H13FO2S/c1-10-7-11(15(17)18)5-6-12(10)9-19-14-4-2-3-13(16)8-14/h2-8H,9H2,1H3,(H,17,18). The van der Waals surface area contributed by atoms with Crippen LogP contribution in [0.25, 0.3) is 0 Å². The van der Waals surface area contributed by atoms with Crippen molar-refractivity contribution in [3.8, 4) is 0 Å². The number of benzene rings is 2. The molecule has 0 aromatic heterocycles. The summed E-state index contributed by atoms with van der Waals surface area (Å²) in [4.78, 5) is 11.7. The SMILES string of the molecule is Cc1cc(C(=O)O)ccc1CSc1cccc(F)c1. The zero-order chi connectivity index (χ0) is 13.8. The Morgan fingerprint density at radius 1 is 1.26 bits per heavy atom. The molecule has 1 N–H and O–H groups in total. The summed E-state index contributed by atoms with van der Waals surface area (Å²) >= 11 is 1.53. The second-order valence-electron chi connectivity index (χ2n) is 4.19. The highest BCUT2D eigenvalue weighted by Crippen LogP contribution is 2.25. The molecule has 19 heavy (non-hydrogen) atoms. The first-order valence-electron chi connectivity index (χ1n) is 5.77.